The van der Waals surface area contributed by atoms with E-state index in [9.17, 15) is 4.79 Å². The Morgan fingerprint density at radius 2 is 0.846 bits per heavy atom. The zero-order valence-corrected chi connectivity index (χ0v) is 26.5. The number of esters is 1. The van der Waals surface area contributed by atoms with Gasteiger partial charge in [0.2, 0.25) is 0 Å². The molecule has 0 atom stereocenters. The van der Waals surface area contributed by atoms with Crippen molar-refractivity contribution in [2.24, 2.45) is 0 Å². The Hall–Kier alpha value is -2.91. The fourth-order valence-corrected chi connectivity index (χ4v) is 2.57. The lowest BCUT2D eigenvalue weighted by molar-refractivity contribution is -0.144. The number of ether oxygens (including phenoxy) is 1. The molecule has 0 unspecified atom stereocenters. The summed E-state index contributed by atoms with van der Waals surface area (Å²) < 4.78 is 4.81. The molecule has 0 radical (unpaired) electrons. The van der Waals surface area contributed by atoms with Crippen LogP contribution in [0.4, 0.5) is 0 Å². The summed E-state index contributed by atoms with van der Waals surface area (Å²) in [4.78, 5) is 11.2. The van der Waals surface area contributed by atoms with Crippen LogP contribution >= 0.6 is 0 Å². The SMILES string of the molecule is C=C.C=C.C=C.C=C.C=C.C=C.C=C.C=C.CCCCCCCC/C=C\CCCCCCCC(=O)OCCO. The number of aliphatic hydroxyl groups excluding tert-OH is 1. The molecule has 3 nitrogen and oxygen atoms in total. The Bertz CT molecular complexity index is 355. The predicted molar refractivity (Wildman–Crippen MR) is 188 cm³/mol. The van der Waals surface area contributed by atoms with Crippen molar-refractivity contribution in [2.75, 3.05) is 13.2 Å². The maximum absolute atomic E-state index is 11.2. The van der Waals surface area contributed by atoms with Gasteiger partial charge in [-0.15, -0.1) is 105 Å². The van der Waals surface area contributed by atoms with E-state index < -0.39 is 0 Å². The topological polar surface area (TPSA) is 46.5 Å². The van der Waals surface area contributed by atoms with Gasteiger partial charge in [0.25, 0.3) is 0 Å². The number of allylic oxidation sites excluding steroid dienone is 2. The maximum atomic E-state index is 11.2. The lowest BCUT2D eigenvalue weighted by Crippen LogP contribution is -2.07. The van der Waals surface area contributed by atoms with E-state index in [4.69, 9.17) is 9.84 Å². The van der Waals surface area contributed by atoms with Crippen LogP contribution in [0.3, 0.4) is 0 Å². The average Bonchev–Trinajstić information content (AvgIpc) is 3.05. The first kappa shape index (κ1) is 60.6. The zero-order valence-electron chi connectivity index (χ0n) is 26.5. The highest BCUT2D eigenvalue weighted by Crippen LogP contribution is 2.10. The molecule has 0 aliphatic carbocycles. The average molecular weight is 551 g/mol. The molecule has 0 bridgehead atoms. The number of unbranched alkanes of at least 4 members (excludes halogenated alkanes) is 11. The fraction of sp³-hybridized carbons (Fsp3) is 0.472. The lowest BCUT2D eigenvalue weighted by atomic mass is 10.1. The standard InChI is InChI=1S/C20H38O3.8C2H4/c1-2-3-4-5-6-7-8-9-10-11-12-13-14-15-16-17-20(22)23-19-18-21;8*1-2/h9-10,21H,2-8,11-19H2,1H3;8*1-2H2/b10-9-;;;;;;;;. The van der Waals surface area contributed by atoms with Gasteiger partial charge in [0.15, 0.2) is 0 Å². The molecule has 0 aromatic rings. The van der Waals surface area contributed by atoms with Gasteiger partial charge in [0, 0.05) is 6.42 Å². The van der Waals surface area contributed by atoms with Crippen LogP contribution in [0.5, 0.6) is 0 Å². The van der Waals surface area contributed by atoms with E-state index >= 15 is 0 Å². The highest BCUT2D eigenvalue weighted by atomic mass is 16.5. The summed E-state index contributed by atoms with van der Waals surface area (Å²) in [6, 6.07) is 0. The van der Waals surface area contributed by atoms with Crippen molar-refractivity contribution in [1.82, 2.24) is 0 Å². The van der Waals surface area contributed by atoms with Crippen molar-refractivity contribution in [3.8, 4) is 0 Å². The van der Waals surface area contributed by atoms with E-state index in [0.717, 1.165) is 12.8 Å². The number of carbonyl (C=O) groups is 1. The van der Waals surface area contributed by atoms with Gasteiger partial charge in [-0.2, -0.15) is 0 Å². The molecule has 0 rings (SSSR count). The van der Waals surface area contributed by atoms with Crippen LogP contribution in [0, 0.1) is 0 Å². The van der Waals surface area contributed by atoms with E-state index in [0.29, 0.717) is 6.42 Å². The van der Waals surface area contributed by atoms with Crippen LogP contribution in [-0.2, 0) is 9.53 Å². The van der Waals surface area contributed by atoms with Crippen LogP contribution < -0.4 is 0 Å². The monoisotopic (exact) mass is 551 g/mol. The molecule has 0 spiro atoms. The highest BCUT2D eigenvalue weighted by Gasteiger charge is 2.01. The minimum atomic E-state index is -0.184. The summed E-state index contributed by atoms with van der Waals surface area (Å²) in [5.41, 5.74) is 0. The van der Waals surface area contributed by atoms with Crippen molar-refractivity contribution >= 4 is 5.97 Å². The first-order valence-electron chi connectivity index (χ1n) is 13.7. The first-order valence-corrected chi connectivity index (χ1v) is 13.7. The third kappa shape index (κ3) is 117. The molecule has 0 aromatic heterocycles. The summed E-state index contributed by atoms with van der Waals surface area (Å²) in [6.45, 7) is 50.3. The van der Waals surface area contributed by atoms with Gasteiger partial charge in [0.1, 0.15) is 6.61 Å². The molecule has 0 aliphatic rings. The number of aliphatic hydroxyl groups is 1. The van der Waals surface area contributed by atoms with E-state index in [-0.39, 0.29) is 19.2 Å². The van der Waals surface area contributed by atoms with Crippen LogP contribution in [0.2, 0.25) is 0 Å². The van der Waals surface area contributed by atoms with Crippen LogP contribution in [0.25, 0.3) is 0 Å². The molecule has 0 heterocycles. The number of rotatable bonds is 17. The van der Waals surface area contributed by atoms with Gasteiger partial charge in [0.05, 0.1) is 6.61 Å². The Morgan fingerprint density at radius 3 is 1.18 bits per heavy atom. The van der Waals surface area contributed by atoms with Gasteiger partial charge in [-0.1, -0.05) is 70.4 Å². The summed E-state index contributed by atoms with van der Waals surface area (Å²) in [5, 5.41) is 8.54. The van der Waals surface area contributed by atoms with Crippen LogP contribution in [0.1, 0.15) is 96.8 Å². The number of carbonyl (C=O) groups excluding carboxylic acids is 1. The number of hydrogen-bond acceptors (Lipinski definition) is 3. The van der Waals surface area contributed by atoms with Crippen molar-refractivity contribution in [3.05, 3.63) is 117 Å². The van der Waals surface area contributed by atoms with E-state index in [1.54, 1.807) is 0 Å². The van der Waals surface area contributed by atoms with E-state index in [2.05, 4.69) is 124 Å². The molecule has 0 amide bonds. The molecule has 39 heavy (non-hydrogen) atoms. The van der Waals surface area contributed by atoms with Crippen LogP contribution in [0.15, 0.2) is 117 Å². The summed E-state index contributed by atoms with van der Waals surface area (Å²) in [7, 11) is 0. The third-order valence-electron chi connectivity index (χ3n) is 4.00. The van der Waals surface area contributed by atoms with Gasteiger partial charge < -0.3 is 9.84 Å². The Kier molecular flexibility index (Phi) is 174. The van der Waals surface area contributed by atoms with Crippen LogP contribution in [-0.4, -0.2) is 24.3 Å². The first-order chi connectivity index (χ1) is 19.3. The van der Waals surface area contributed by atoms with Gasteiger partial charge in [-0.25, -0.2) is 0 Å². The molecule has 1 N–H and O–H groups in total. The molecular weight excluding hydrogens is 480 g/mol. The van der Waals surface area contributed by atoms with Gasteiger partial charge in [-0.3, -0.25) is 4.79 Å². The number of hydrogen-bond donors (Lipinski definition) is 1. The minimum Gasteiger partial charge on any atom is -0.463 e. The molecule has 0 fully saturated rings. The predicted octanol–water partition coefficient (Wildman–Crippen LogP) is 12.0. The zero-order chi connectivity index (χ0) is 33.0. The van der Waals surface area contributed by atoms with Gasteiger partial charge in [-0.05, 0) is 32.1 Å². The van der Waals surface area contributed by atoms with Gasteiger partial charge >= 0.3 is 5.97 Å². The largest absolute Gasteiger partial charge is 0.463 e. The fourth-order valence-electron chi connectivity index (χ4n) is 2.57. The van der Waals surface area contributed by atoms with Crippen molar-refractivity contribution in [2.45, 2.75) is 96.8 Å². The Balaban J connectivity index is -0.0000000682. The summed E-state index contributed by atoms with van der Waals surface area (Å²) in [5.74, 6) is -0.184. The maximum Gasteiger partial charge on any atom is 0.305 e. The normalized spacial score (nSPS) is 7.44. The smallest absolute Gasteiger partial charge is 0.305 e. The summed E-state index contributed by atoms with van der Waals surface area (Å²) in [6.07, 6.45) is 21.5. The summed E-state index contributed by atoms with van der Waals surface area (Å²) >= 11 is 0. The minimum absolute atomic E-state index is 0.0852. The molecular formula is C36H70O3. The van der Waals surface area contributed by atoms with Crippen molar-refractivity contribution in [1.29, 1.82) is 0 Å². The molecule has 0 aliphatic heterocycles. The van der Waals surface area contributed by atoms with Crippen molar-refractivity contribution < 1.29 is 14.6 Å². The Labute approximate surface area is 247 Å². The molecule has 232 valence electrons. The molecule has 0 aromatic carbocycles. The quantitative estimate of drug-likeness (QED) is 0.111. The van der Waals surface area contributed by atoms with Crippen molar-refractivity contribution in [3.63, 3.8) is 0 Å². The van der Waals surface area contributed by atoms with E-state index in [1.165, 1.54) is 70.6 Å². The second-order valence-electron chi connectivity index (χ2n) is 6.28. The molecule has 0 saturated heterocycles. The Morgan fingerprint density at radius 1 is 0.538 bits per heavy atom. The lowest BCUT2D eigenvalue weighted by Gasteiger charge is -2.02. The highest BCUT2D eigenvalue weighted by molar-refractivity contribution is 5.69. The third-order valence-corrected chi connectivity index (χ3v) is 4.00. The second-order valence-corrected chi connectivity index (χ2v) is 6.28. The molecule has 0 saturated carbocycles. The second kappa shape index (κ2) is 112. The van der Waals surface area contributed by atoms with E-state index in [1.807, 2.05) is 0 Å². The molecule has 3 heteroatoms.